The summed E-state index contributed by atoms with van der Waals surface area (Å²) in [5.74, 6) is -0.877. The van der Waals surface area contributed by atoms with Crippen LogP contribution in [0, 0.1) is 0 Å². The van der Waals surface area contributed by atoms with Crippen molar-refractivity contribution in [1.82, 2.24) is 0 Å². The van der Waals surface area contributed by atoms with E-state index in [1.165, 1.54) is 6.08 Å². The Morgan fingerprint density at radius 2 is 1.95 bits per heavy atom. The highest BCUT2D eigenvalue weighted by Gasteiger charge is 2.24. The van der Waals surface area contributed by atoms with Crippen molar-refractivity contribution in [1.29, 1.82) is 0 Å². The Labute approximate surface area is 122 Å². The molecule has 0 amide bonds. The van der Waals surface area contributed by atoms with Crippen LogP contribution in [0.1, 0.15) is 5.56 Å². The second-order valence-electron chi connectivity index (χ2n) is 4.49. The third-order valence-electron chi connectivity index (χ3n) is 3.08. The van der Waals surface area contributed by atoms with Crippen LogP contribution in [0.5, 0.6) is 0 Å². The Hall–Kier alpha value is -1.53. The molecule has 1 aliphatic heterocycles. The van der Waals surface area contributed by atoms with Crippen molar-refractivity contribution in [2.45, 2.75) is 0 Å². The van der Waals surface area contributed by atoms with Gasteiger partial charge in [0.2, 0.25) is 0 Å². The van der Waals surface area contributed by atoms with Crippen molar-refractivity contribution in [3.8, 4) is 0 Å². The number of nitrogens with zero attached hydrogens (tertiary/aromatic N) is 1. The average molecular weight is 316 g/mol. The highest BCUT2D eigenvalue weighted by molar-refractivity contribution is 7.91. The van der Waals surface area contributed by atoms with Crippen LogP contribution in [0.3, 0.4) is 0 Å². The number of aliphatic carboxylic acids is 1. The number of carboxylic acid groups (broad SMARTS) is 1. The molecule has 1 saturated heterocycles. The topological polar surface area (TPSA) is 74.7 Å². The zero-order valence-electron chi connectivity index (χ0n) is 10.6. The van der Waals surface area contributed by atoms with Crippen LogP contribution in [-0.4, -0.2) is 44.1 Å². The van der Waals surface area contributed by atoms with Gasteiger partial charge in [-0.15, -0.1) is 0 Å². The zero-order chi connectivity index (χ0) is 14.8. The van der Waals surface area contributed by atoms with Crippen LogP contribution >= 0.6 is 11.6 Å². The van der Waals surface area contributed by atoms with E-state index < -0.39 is 15.8 Å². The van der Waals surface area contributed by atoms with E-state index in [2.05, 4.69) is 0 Å². The van der Waals surface area contributed by atoms with Crippen LogP contribution in [0.25, 0.3) is 6.08 Å². The molecular weight excluding hydrogens is 302 g/mol. The standard InChI is InChI=1S/C13H14ClNO4S/c14-11-3-1-2-10(4-5-12(16)17)13(11)15-6-8-20(18,19)9-7-15/h1-5H,6-9H2,(H,16,17)/b5-4+. The van der Waals surface area contributed by atoms with Crippen molar-refractivity contribution in [2.75, 3.05) is 29.5 Å². The van der Waals surface area contributed by atoms with Crippen LogP contribution in [-0.2, 0) is 14.6 Å². The fourth-order valence-corrected chi connectivity index (χ4v) is 3.60. The lowest BCUT2D eigenvalue weighted by Crippen LogP contribution is -2.40. The summed E-state index contributed by atoms with van der Waals surface area (Å²) in [7, 11) is -2.97. The molecule has 7 heteroatoms. The minimum Gasteiger partial charge on any atom is -0.478 e. The van der Waals surface area contributed by atoms with Gasteiger partial charge in [0.25, 0.3) is 0 Å². The smallest absolute Gasteiger partial charge is 0.328 e. The first-order valence-corrected chi connectivity index (χ1v) is 8.24. The van der Waals surface area contributed by atoms with Gasteiger partial charge < -0.3 is 10.0 Å². The largest absolute Gasteiger partial charge is 0.478 e. The Bertz CT molecular complexity index is 640. The highest BCUT2D eigenvalue weighted by atomic mass is 35.5. The lowest BCUT2D eigenvalue weighted by molar-refractivity contribution is -0.131. The van der Waals surface area contributed by atoms with Crippen molar-refractivity contribution < 1.29 is 18.3 Å². The highest BCUT2D eigenvalue weighted by Crippen LogP contribution is 2.31. The fourth-order valence-electron chi connectivity index (χ4n) is 2.10. The van der Waals surface area contributed by atoms with Crippen LogP contribution in [0.2, 0.25) is 5.02 Å². The maximum atomic E-state index is 11.5. The molecule has 0 unspecified atom stereocenters. The molecule has 5 nitrogen and oxygen atoms in total. The summed E-state index contributed by atoms with van der Waals surface area (Å²) < 4.78 is 22.9. The number of halogens is 1. The zero-order valence-corrected chi connectivity index (χ0v) is 12.2. The van der Waals surface area contributed by atoms with Gasteiger partial charge in [0.05, 0.1) is 22.2 Å². The molecule has 0 spiro atoms. The van der Waals surface area contributed by atoms with E-state index in [4.69, 9.17) is 16.7 Å². The molecule has 108 valence electrons. The molecule has 20 heavy (non-hydrogen) atoms. The summed E-state index contributed by atoms with van der Waals surface area (Å²) >= 11 is 6.18. The van der Waals surface area contributed by atoms with Gasteiger partial charge in [0.15, 0.2) is 9.84 Å². The van der Waals surface area contributed by atoms with Crippen LogP contribution in [0.15, 0.2) is 24.3 Å². The quantitative estimate of drug-likeness (QED) is 0.859. The number of anilines is 1. The lowest BCUT2D eigenvalue weighted by Gasteiger charge is -2.30. The summed E-state index contributed by atoms with van der Waals surface area (Å²) in [6, 6.07) is 5.19. The van der Waals surface area contributed by atoms with E-state index in [-0.39, 0.29) is 11.5 Å². The molecule has 1 aliphatic rings. The maximum absolute atomic E-state index is 11.5. The van der Waals surface area contributed by atoms with Gasteiger partial charge in [-0.3, -0.25) is 0 Å². The van der Waals surface area contributed by atoms with Gasteiger partial charge in [-0.2, -0.15) is 0 Å². The van der Waals surface area contributed by atoms with E-state index in [1.807, 2.05) is 4.90 Å². The molecule has 0 bridgehead atoms. The van der Waals surface area contributed by atoms with E-state index in [9.17, 15) is 13.2 Å². The summed E-state index contributed by atoms with van der Waals surface area (Å²) in [4.78, 5) is 12.5. The van der Waals surface area contributed by atoms with E-state index in [0.717, 1.165) is 6.08 Å². The van der Waals surface area contributed by atoms with Crippen molar-refractivity contribution in [2.24, 2.45) is 0 Å². The number of rotatable bonds is 3. The van der Waals surface area contributed by atoms with Crippen molar-refractivity contribution >= 4 is 39.2 Å². The van der Waals surface area contributed by atoms with Gasteiger partial charge in [-0.05, 0) is 17.7 Å². The van der Waals surface area contributed by atoms with Gasteiger partial charge in [-0.25, -0.2) is 13.2 Å². The molecule has 2 rings (SSSR count). The van der Waals surface area contributed by atoms with Gasteiger partial charge in [0, 0.05) is 19.2 Å². The molecule has 0 aromatic heterocycles. The molecular formula is C13H14ClNO4S. The molecule has 0 aliphatic carbocycles. The second kappa shape index (κ2) is 5.85. The van der Waals surface area contributed by atoms with Gasteiger partial charge in [-0.1, -0.05) is 23.7 Å². The summed E-state index contributed by atoms with van der Waals surface area (Å²) in [6.45, 7) is 0.722. The van der Waals surface area contributed by atoms with Gasteiger partial charge in [0.1, 0.15) is 0 Å². The lowest BCUT2D eigenvalue weighted by atomic mass is 10.1. The third-order valence-corrected chi connectivity index (χ3v) is 5.00. The molecule has 0 radical (unpaired) electrons. The molecule has 1 heterocycles. The first kappa shape index (κ1) is 14.9. The fraction of sp³-hybridized carbons (Fsp3) is 0.308. The normalized spacial score (nSPS) is 18.4. The Balaban J connectivity index is 2.33. The van der Waals surface area contributed by atoms with Gasteiger partial charge >= 0.3 is 5.97 Å². The summed E-state index contributed by atoms with van der Waals surface area (Å²) in [6.07, 6.45) is 2.50. The van der Waals surface area contributed by atoms with E-state index in [0.29, 0.717) is 29.4 Å². The molecule has 0 saturated carbocycles. The Morgan fingerprint density at radius 1 is 1.30 bits per heavy atom. The molecule has 1 aromatic carbocycles. The maximum Gasteiger partial charge on any atom is 0.328 e. The number of hydrogen-bond donors (Lipinski definition) is 1. The number of hydrogen-bond acceptors (Lipinski definition) is 4. The number of carboxylic acids is 1. The van der Waals surface area contributed by atoms with Crippen molar-refractivity contribution in [3.05, 3.63) is 34.9 Å². The third kappa shape index (κ3) is 3.52. The molecule has 0 atom stereocenters. The Morgan fingerprint density at radius 3 is 2.55 bits per heavy atom. The second-order valence-corrected chi connectivity index (χ2v) is 7.20. The molecule has 1 fully saturated rings. The number of sulfone groups is 1. The predicted molar refractivity (Wildman–Crippen MR) is 79.0 cm³/mol. The number of para-hydroxylation sites is 1. The minimum atomic E-state index is -2.97. The predicted octanol–water partition coefficient (Wildman–Crippen LogP) is 1.67. The van der Waals surface area contributed by atoms with Crippen LogP contribution < -0.4 is 4.90 Å². The number of carbonyl (C=O) groups is 1. The Kier molecular flexibility index (Phi) is 4.35. The van der Waals surface area contributed by atoms with E-state index in [1.54, 1.807) is 18.2 Å². The molecule has 1 aromatic rings. The summed E-state index contributed by atoms with van der Waals surface area (Å²) in [5, 5.41) is 9.18. The average Bonchev–Trinajstić information content (AvgIpc) is 2.37. The van der Waals surface area contributed by atoms with Crippen molar-refractivity contribution in [3.63, 3.8) is 0 Å². The molecule has 1 N–H and O–H groups in total. The minimum absolute atomic E-state index is 0.0836. The van der Waals surface area contributed by atoms with Crippen LogP contribution in [0.4, 0.5) is 5.69 Å². The first-order valence-electron chi connectivity index (χ1n) is 6.04. The SMILES string of the molecule is O=C(O)/C=C/c1cccc(Cl)c1N1CCS(=O)(=O)CC1. The van der Waals surface area contributed by atoms with E-state index >= 15 is 0 Å². The number of benzene rings is 1. The monoisotopic (exact) mass is 315 g/mol. The first-order chi connectivity index (χ1) is 9.39. The summed E-state index contributed by atoms with van der Waals surface area (Å²) in [5.41, 5.74) is 1.35.